The van der Waals surface area contributed by atoms with E-state index in [1.807, 2.05) is 0 Å². The average molecular weight is 379 g/mol. The Hall–Kier alpha value is -1.51. The molecule has 0 aliphatic rings. The average Bonchev–Trinajstić information content (AvgIpc) is 1.65. The zero-order chi connectivity index (χ0) is 6.57. The Balaban J connectivity index is 0. The van der Waals surface area contributed by atoms with Crippen LogP contribution in [0.15, 0.2) is 0 Å². The maximum atomic E-state index is 10.1. The molecule has 0 unspecified atom stereocenters. The van der Waals surface area contributed by atoms with Crippen molar-refractivity contribution in [3.05, 3.63) is 6.61 Å². The zero-order valence-electron chi connectivity index (χ0n) is 5.29. The molecule has 0 heterocycles. The Kier molecular flexibility index (Phi) is 5.41. The first-order valence-corrected chi connectivity index (χ1v) is 2.17. The molecule has 0 aromatic carbocycles. The van der Waals surface area contributed by atoms with Gasteiger partial charge >= 0.3 is 0 Å². The van der Waals surface area contributed by atoms with Gasteiger partial charge in [-0.2, -0.15) is 0 Å². The smallest absolute Gasteiger partial charge is 0.214 e. The minimum Gasteiger partial charge on any atom is -0.565 e. The summed E-state index contributed by atoms with van der Waals surface area (Å²) in [6.45, 7) is 2.03. The van der Waals surface area contributed by atoms with Crippen LogP contribution in [0, 0.1) is 6.61 Å². The zero-order valence-corrected chi connectivity index (χ0v) is 11.7. The molecule has 2 N–H and O–H groups in total. The van der Waals surface area contributed by atoms with Crippen LogP contribution in [0.2, 0.25) is 0 Å². The maximum absolute atomic E-state index is 10.1. The fraction of sp³-hybridized carbons (Fsp3) is 0.500. The van der Waals surface area contributed by atoms with Gasteiger partial charge in [0.15, 0.2) is 0 Å². The van der Waals surface area contributed by atoms with Crippen molar-refractivity contribution in [3.63, 3.8) is 0 Å². The molecule has 0 aliphatic carbocycles. The predicted octanol–water partition coefficient (Wildman–Crippen LogP) is -0.849. The van der Waals surface area contributed by atoms with Gasteiger partial charge in [-0.25, -0.2) is 6.61 Å². The van der Waals surface area contributed by atoms with E-state index in [9.17, 15) is 4.79 Å². The van der Waals surface area contributed by atoms with Gasteiger partial charge in [0.05, 0.1) is 7.85 Å². The van der Waals surface area contributed by atoms with Gasteiger partial charge in [-0.1, -0.05) is 0 Å². The molecule has 3 nitrogen and oxygen atoms in total. The van der Waals surface area contributed by atoms with Crippen LogP contribution in [0.1, 0.15) is 6.92 Å². The molecule has 1 amide bonds. The minimum absolute atomic E-state index is 0. The summed E-state index contributed by atoms with van der Waals surface area (Å²) in [5.41, 5.74) is 0. The van der Waals surface area contributed by atoms with Crippen molar-refractivity contribution in [1.29, 1.82) is 0 Å². The Morgan fingerprint density at radius 2 is 2.33 bits per heavy atom. The largest absolute Gasteiger partial charge is 0.565 e. The summed E-state index contributed by atoms with van der Waals surface area (Å²) >= 11 is 0. The van der Waals surface area contributed by atoms with Gasteiger partial charge in [0.2, 0.25) is 5.91 Å². The maximum Gasteiger partial charge on any atom is 0.214 e. The van der Waals surface area contributed by atoms with Crippen LogP contribution < -0.4 is 5.32 Å². The molecule has 9 heavy (non-hydrogen) atoms. The van der Waals surface area contributed by atoms with E-state index >= 15 is 0 Å². The Labute approximate surface area is 49.5 Å². The number of carbonyl (C=O) groups excluding carboxylic acids is 1. The molecular weight excluding hydrogens is 372 g/mol. The van der Waals surface area contributed by atoms with Crippen LogP contribution >= 0.6 is 0 Å². The van der Waals surface area contributed by atoms with Gasteiger partial charge in [0.1, 0.15) is 0 Å². The van der Waals surface area contributed by atoms with Crippen molar-refractivity contribution in [2.45, 2.75) is 12.9 Å². The molecule has 0 aromatic rings. The topological polar surface area (TPSA) is 49.3 Å². The van der Waals surface area contributed by atoms with Crippen LogP contribution in [0.25, 0.3) is 0 Å². The third-order valence-electron chi connectivity index (χ3n) is 0.531. The fourth-order valence-electron chi connectivity index (χ4n) is 0.272. The molecule has 0 spiro atoms. The molecule has 0 bridgehead atoms. The van der Waals surface area contributed by atoms with E-state index in [4.69, 9.17) is 13.0 Å². The van der Waals surface area contributed by atoms with Crippen LogP contribution in [0.3, 0.4) is 0 Å². The van der Waals surface area contributed by atoms with E-state index in [-0.39, 0.29) is 5.91 Å². The quantitative estimate of drug-likeness (QED) is 0.486. The van der Waals surface area contributed by atoms with Gasteiger partial charge < -0.3 is 10.4 Å². The standard InChI is InChI=1S/C4H7BNO2.Rf/c1-3(8)6-4(5)2-7;/h2,4,7H,1H3,(H,6,8);/q-1;/t4-;/m1./s1. The van der Waals surface area contributed by atoms with E-state index in [0.717, 1.165) is 0 Å². The first-order valence-electron chi connectivity index (χ1n) is 2.17. The normalized spacial score (nSPS) is 11.3. The van der Waals surface area contributed by atoms with Gasteiger partial charge in [-0.15, -0.1) is 5.94 Å². The summed E-state index contributed by atoms with van der Waals surface area (Å²) in [6.07, 6.45) is 0. The van der Waals surface area contributed by atoms with E-state index in [1.54, 1.807) is 0 Å². The van der Waals surface area contributed by atoms with E-state index < -0.39 is 5.94 Å². The van der Waals surface area contributed by atoms with Gasteiger partial charge in [-0.3, -0.25) is 4.79 Å². The molecule has 46 valence electrons. The molecule has 0 aliphatic heterocycles. The Morgan fingerprint density at radius 1 is 1.89 bits per heavy atom. The van der Waals surface area contributed by atoms with Crippen LogP contribution in [0.5, 0.6) is 0 Å². The Bertz CT molecular complexity index is 90.6. The number of hydrogen-bond donors (Lipinski definition) is 2. The summed E-state index contributed by atoms with van der Waals surface area (Å²) in [5, 5.41) is 10.3. The predicted molar refractivity (Wildman–Crippen MR) is 29.6 cm³/mol. The van der Waals surface area contributed by atoms with Gasteiger partial charge in [0, 0.05) is 6.92 Å². The first kappa shape index (κ1) is 10.5. The van der Waals surface area contributed by atoms with Crippen molar-refractivity contribution >= 4 is 13.8 Å². The number of aliphatic hydroxyl groups excluding tert-OH is 1. The van der Waals surface area contributed by atoms with Crippen LogP contribution in [-0.4, -0.2) is 24.8 Å². The third kappa shape index (κ3) is 6.49. The second-order valence-corrected chi connectivity index (χ2v) is 1.38. The SMILES string of the molecule is [B][C@@H]([CH-]O)NC(C)=O.[Rf]. The summed E-state index contributed by atoms with van der Waals surface area (Å²) in [7, 11) is 5.04. The van der Waals surface area contributed by atoms with E-state index in [2.05, 4.69) is 5.32 Å². The van der Waals surface area contributed by atoms with E-state index in [1.165, 1.54) is 6.92 Å². The fourth-order valence-corrected chi connectivity index (χ4v) is 0.272. The molecule has 2 radical (unpaired) electrons. The summed E-state index contributed by atoms with van der Waals surface area (Å²) in [5.74, 6) is -1.00. The molecule has 0 aromatic heterocycles. The number of rotatable bonds is 2. The van der Waals surface area contributed by atoms with Crippen LogP contribution in [-0.2, 0) is 4.79 Å². The second-order valence-electron chi connectivity index (χ2n) is 1.38. The Morgan fingerprint density at radius 3 is 2.44 bits per heavy atom. The number of amides is 1. The number of nitrogens with one attached hydrogen (secondary N) is 1. The summed E-state index contributed by atoms with van der Waals surface area (Å²) in [4.78, 5) is 10.1. The molecule has 1 atom stereocenters. The van der Waals surface area contributed by atoms with Crippen LogP contribution in [0.4, 0.5) is 0 Å². The van der Waals surface area contributed by atoms with Gasteiger partial charge in [0.25, 0.3) is 0 Å². The van der Waals surface area contributed by atoms with Crippen molar-refractivity contribution in [2.24, 2.45) is 0 Å². The molecule has 0 saturated heterocycles. The summed E-state index contributed by atoms with van der Waals surface area (Å²) < 4.78 is 0. The van der Waals surface area contributed by atoms with E-state index in [0.29, 0.717) is 6.61 Å². The van der Waals surface area contributed by atoms with Crippen molar-refractivity contribution < 1.29 is 9.90 Å². The number of hydrogen-bond acceptors (Lipinski definition) is 2. The molecule has 0 saturated carbocycles. The van der Waals surface area contributed by atoms with Gasteiger partial charge in [-0.05, 0) is 0 Å². The van der Waals surface area contributed by atoms with Crippen molar-refractivity contribution in [3.8, 4) is 0 Å². The molecule has 0 fully saturated rings. The monoisotopic (exact) mass is 379 g/mol. The summed E-state index contributed by atoms with van der Waals surface area (Å²) in [6, 6.07) is 0. The minimum atomic E-state index is -0.743. The number of carbonyl (C=O) groups is 1. The van der Waals surface area contributed by atoms with Crippen molar-refractivity contribution in [2.75, 3.05) is 0 Å². The molecule has 5 heteroatoms. The third-order valence-corrected chi connectivity index (χ3v) is 0.531. The molecular formula is C4H7BNO2Rf-. The number of aliphatic hydroxyl groups is 1. The second kappa shape index (κ2) is 4.65. The molecule has 0 rings (SSSR count). The van der Waals surface area contributed by atoms with Crippen molar-refractivity contribution in [1.82, 2.24) is 5.32 Å². The first-order chi connectivity index (χ1) is 3.66.